The van der Waals surface area contributed by atoms with Crippen LogP contribution >= 0.6 is 0 Å². The van der Waals surface area contributed by atoms with Gasteiger partial charge in [0.15, 0.2) is 0 Å². The van der Waals surface area contributed by atoms with Crippen LogP contribution in [0.15, 0.2) is 40.1 Å². The number of aryl methyl sites for hydroxylation is 3. The topological polar surface area (TPSA) is 74.6 Å². The Labute approximate surface area is 118 Å². The lowest BCUT2D eigenvalue weighted by Crippen LogP contribution is -2.03. The Balaban J connectivity index is 2.66. The molecule has 2 aromatic carbocycles. The van der Waals surface area contributed by atoms with Crippen LogP contribution in [0.3, 0.4) is 0 Å². The van der Waals surface area contributed by atoms with E-state index in [0.717, 1.165) is 11.1 Å². The molecule has 0 saturated heterocycles. The Kier molecular flexibility index (Phi) is 3.48. The first kappa shape index (κ1) is 14.4. The molecule has 0 bridgehead atoms. The van der Waals surface area contributed by atoms with Gasteiger partial charge in [-0.1, -0.05) is 6.07 Å². The third kappa shape index (κ3) is 2.36. The summed E-state index contributed by atoms with van der Waals surface area (Å²) in [4.78, 5) is -0.192. The summed E-state index contributed by atoms with van der Waals surface area (Å²) in [5.74, 6) is -0.373. The molecular weight excluding hydrogens is 276 g/mol. The van der Waals surface area contributed by atoms with E-state index in [9.17, 15) is 18.6 Å². The zero-order valence-corrected chi connectivity index (χ0v) is 12.3. The van der Waals surface area contributed by atoms with E-state index in [-0.39, 0.29) is 21.3 Å². The van der Waals surface area contributed by atoms with E-state index in [2.05, 4.69) is 0 Å². The van der Waals surface area contributed by atoms with Crippen molar-refractivity contribution in [3.8, 4) is 11.5 Å². The largest absolute Gasteiger partial charge is 0.508 e. The summed E-state index contributed by atoms with van der Waals surface area (Å²) >= 11 is 0. The molecule has 0 amide bonds. The summed E-state index contributed by atoms with van der Waals surface area (Å²) in [6.07, 6.45) is 0. The van der Waals surface area contributed by atoms with E-state index < -0.39 is 9.84 Å². The maximum Gasteiger partial charge on any atom is 0.210 e. The fourth-order valence-electron chi connectivity index (χ4n) is 1.87. The van der Waals surface area contributed by atoms with E-state index in [1.807, 2.05) is 0 Å². The van der Waals surface area contributed by atoms with Gasteiger partial charge in [-0.15, -0.1) is 0 Å². The van der Waals surface area contributed by atoms with Crippen LogP contribution in [0, 0.1) is 20.8 Å². The summed E-state index contributed by atoms with van der Waals surface area (Å²) < 4.78 is 25.0. The molecule has 4 nitrogen and oxygen atoms in total. The fourth-order valence-corrected chi connectivity index (χ4v) is 3.31. The molecule has 0 aliphatic carbocycles. The van der Waals surface area contributed by atoms with Crippen molar-refractivity contribution in [3.05, 3.63) is 47.0 Å². The second-order valence-corrected chi connectivity index (χ2v) is 6.77. The molecule has 0 aliphatic heterocycles. The zero-order valence-electron chi connectivity index (χ0n) is 11.5. The lowest BCUT2D eigenvalue weighted by molar-refractivity contribution is 0.457. The van der Waals surface area contributed by atoms with Crippen molar-refractivity contribution in [2.45, 2.75) is 30.6 Å². The van der Waals surface area contributed by atoms with Crippen LogP contribution in [0.4, 0.5) is 0 Å². The molecule has 106 valence electrons. The third-order valence-corrected chi connectivity index (χ3v) is 5.14. The van der Waals surface area contributed by atoms with Crippen molar-refractivity contribution in [2.24, 2.45) is 0 Å². The smallest absolute Gasteiger partial charge is 0.210 e. The summed E-state index contributed by atoms with van der Waals surface area (Å²) in [7, 11) is -3.86. The number of hydrogen-bond acceptors (Lipinski definition) is 4. The molecule has 20 heavy (non-hydrogen) atoms. The van der Waals surface area contributed by atoms with Crippen LogP contribution in [-0.2, 0) is 9.84 Å². The van der Waals surface area contributed by atoms with Crippen molar-refractivity contribution >= 4 is 9.84 Å². The van der Waals surface area contributed by atoms with Crippen LogP contribution in [0.25, 0.3) is 0 Å². The van der Waals surface area contributed by atoms with Crippen molar-refractivity contribution in [1.82, 2.24) is 0 Å². The van der Waals surface area contributed by atoms with Crippen LogP contribution in [0.5, 0.6) is 11.5 Å². The minimum atomic E-state index is -3.86. The predicted molar refractivity (Wildman–Crippen MR) is 75.9 cm³/mol. The average Bonchev–Trinajstić information content (AvgIpc) is 2.36. The minimum absolute atomic E-state index is 0.0425. The maximum atomic E-state index is 12.5. The molecule has 0 spiro atoms. The molecular formula is C15H16O4S. The maximum absolute atomic E-state index is 12.5. The lowest BCUT2D eigenvalue weighted by atomic mass is 10.1. The SMILES string of the molecule is Cc1cc(O)c(S(=O)(=O)c2ccc(C)c(O)c2)cc1C. The molecule has 0 aliphatic rings. The van der Waals surface area contributed by atoms with Gasteiger partial charge in [0, 0.05) is 0 Å². The first-order valence-electron chi connectivity index (χ1n) is 6.08. The molecule has 2 aromatic rings. The molecule has 2 N–H and O–H groups in total. The molecule has 2 rings (SSSR count). The van der Waals surface area contributed by atoms with Gasteiger partial charge in [-0.2, -0.15) is 0 Å². The molecule has 0 aromatic heterocycles. The molecule has 0 fully saturated rings. The Hall–Kier alpha value is -2.01. The summed E-state index contributed by atoms with van der Waals surface area (Å²) in [5.41, 5.74) is 2.18. The summed E-state index contributed by atoms with van der Waals surface area (Å²) in [6, 6.07) is 7.01. The second-order valence-electron chi connectivity index (χ2n) is 4.86. The van der Waals surface area contributed by atoms with Gasteiger partial charge >= 0.3 is 0 Å². The number of phenols is 2. The van der Waals surface area contributed by atoms with Crippen LogP contribution in [0.2, 0.25) is 0 Å². The average molecular weight is 292 g/mol. The highest BCUT2D eigenvalue weighted by atomic mass is 32.2. The normalized spacial score (nSPS) is 11.6. The first-order valence-corrected chi connectivity index (χ1v) is 7.56. The molecule has 0 heterocycles. The number of aromatic hydroxyl groups is 2. The number of benzene rings is 2. The Morgan fingerprint density at radius 1 is 0.800 bits per heavy atom. The van der Waals surface area contributed by atoms with Crippen LogP contribution < -0.4 is 0 Å². The zero-order chi connectivity index (χ0) is 15.1. The Bertz CT molecular complexity index is 777. The van der Waals surface area contributed by atoms with Gasteiger partial charge in [0.1, 0.15) is 16.4 Å². The van der Waals surface area contributed by atoms with Gasteiger partial charge in [-0.05, 0) is 61.7 Å². The number of phenolic OH excluding ortho intramolecular Hbond substituents is 2. The number of sulfone groups is 1. The third-order valence-electron chi connectivity index (χ3n) is 3.36. The number of rotatable bonds is 2. The quantitative estimate of drug-likeness (QED) is 0.892. The van der Waals surface area contributed by atoms with Gasteiger partial charge in [0.25, 0.3) is 0 Å². The second kappa shape index (κ2) is 4.83. The van der Waals surface area contributed by atoms with E-state index in [4.69, 9.17) is 0 Å². The lowest BCUT2D eigenvalue weighted by Gasteiger charge is -2.10. The van der Waals surface area contributed by atoms with Crippen LogP contribution in [-0.4, -0.2) is 18.6 Å². The van der Waals surface area contributed by atoms with Gasteiger partial charge in [-0.3, -0.25) is 0 Å². The minimum Gasteiger partial charge on any atom is -0.508 e. The van der Waals surface area contributed by atoms with Crippen molar-refractivity contribution < 1.29 is 18.6 Å². The predicted octanol–water partition coefficient (Wildman–Crippen LogP) is 2.86. The van der Waals surface area contributed by atoms with Crippen molar-refractivity contribution in [2.75, 3.05) is 0 Å². The van der Waals surface area contributed by atoms with Gasteiger partial charge in [0.2, 0.25) is 9.84 Å². The highest BCUT2D eigenvalue weighted by Crippen LogP contribution is 2.32. The van der Waals surface area contributed by atoms with E-state index >= 15 is 0 Å². The van der Waals surface area contributed by atoms with Crippen LogP contribution in [0.1, 0.15) is 16.7 Å². The molecule has 0 atom stereocenters. The van der Waals surface area contributed by atoms with Gasteiger partial charge in [-0.25, -0.2) is 8.42 Å². The molecule has 0 saturated carbocycles. The molecule has 5 heteroatoms. The summed E-state index contributed by atoms with van der Waals surface area (Å²) in [6.45, 7) is 5.25. The van der Waals surface area contributed by atoms with E-state index in [0.29, 0.717) is 5.56 Å². The van der Waals surface area contributed by atoms with Gasteiger partial charge in [0.05, 0.1) is 4.90 Å². The van der Waals surface area contributed by atoms with Crippen molar-refractivity contribution in [1.29, 1.82) is 0 Å². The molecule has 0 radical (unpaired) electrons. The first-order chi connectivity index (χ1) is 9.23. The highest BCUT2D eigenvalue weighted by molar-refractivity contribution is 7.91. The Morgan fingerprint density at radius 3 is 2.00 bits per heavy atom. The standard InChI is InChI=1S/C15H16O4S/c1-9-4-5-12(8-13(9)16)20(18,19)15-7-11(3)10(2)6-14(15)17/h4-8,16-17H,1-3H3. The van der Waals surface area contributed by atoms with E-state index in [1.165, 1.54) is 30.3 Å². The fraction of sp³-hybridized carbons (Fsp3) is 0.200. The number of hydrogen-bond donors (Lipinski definition) is 2. The summed E-state index contributed by atoms with van der Waals surface area (Å²) in [5, 5.41) is 19.5. The highest BCUT2D eigenvalue weighted by Gasteiger charge is 2.23. The van der Waals surface area contributed by atoms with E-state index in [1.54, 1.807) is 20.8 Å². The van der Waals surface area contributed by atoms with Crippen molar-refractivity contribution in [3.63, 3.8) is 0 Å². The van der Waals surface area contributed by atoms with Gasteiger partial charge < -0.3 is 10.2 Å². The Morgan fingerprint density at radius 2 is 1.40 bits per heavy atom. The monoisotopic (exact) mass is 292 g/mol. The molecule has 0 unspecified atom stereocenters.